The van der Waals surface area contributed by atoms with Crippen LogP contribution >= 0.6 is 0 Å². The first-order chi connectivity index (χ1) is 9.11. The maximum Gasteiger partial charge on any atom is 0.314 e. The normalized spacial score (nSPS) is 24.8. The molecule has 2 amide bonds. The molecule has 1 atom stereocenters. The summed E-state index contributed by atoms with van der Waals surface area (Å²) >= 11 is 0. The minimum atomic E-state index is -0.509. The van der Waals surface area contributed by atoms with Crippen LogP contribution in [-0.4, -0.2) is 44.0 Å². The van der Waals surface area contributed by atoms with E-state index in [2.05, 4.69) is 17.6 Å². The minimum absolute atomic E-state index is 0.136. The molecule has 19 heavy (non-hydrogen) atoms. The molecular formula is C14H28N2O3. The van der Waals surface area contributed by atoms with Gasteiger partial charge in [-0.2, -0.15) is 0 Å². The number of carbonyl (C=O) groups is 1. The number of aliphatic hydroxyl groups excluding tert-OH is 1. The summed E-state index contributed by atoms with van der Waals surface area (Å²) in [4.78, 5) is 11.6. The summed E-state index contributed by atoms with van der Waals surface area (Å²) in [6.45, 7) is 3.84. The van der Waals surface area contributed by atoms with Crippen LogP contribution in [0.3, 0.4) is 0 Å². The Labute approximate surface area is 116 Å². The number of aliphatic hydroxyl groups is 1. The number of amides is 2. The molecule has 1 aliphatic carbocycles. The summed E-state index contributed by atoms with van der Waals surface area (Å²) in [6, 6.07) is -0.136. The second kappa shape index (κ2) is 9.15. The average Bonchev–Trinajstić information content (AvgIpc) is 2.38. The molecule has 3 N–H and O–H groups in total. The van der Waals surface area contributed by atoms with Crippen LogP contribution in [0, 0.1) is 11.8 Å². The lowest BCUT2D eigenvalue weighted by Crippen LogP contribution is -2.40. The van der Waals surface area contributed by atoms with Gasteiger partial charge in [0.2, 0.25) is 0 Å². The van der Waals surface area contributed by atoms with Gasteiger partial charge < -0.3 is 20.5 Å². The van der Waals surface area contributed by atoms with Crippen LogP contribution in [0.2, 0.25) is 0 Å². The molecule has 1 unspecified atom stereocenters. The SMILES string of the molecule is COCC(O)CCNC(=O)NCC1CCC(C)CC1. The fourth-order valence-electron chi connectivity index (χ4n) is 2.46. The number of rotatable bonds is 7. The third kappa shape index (κ3) is 7.38. The summed E-state index contributed by atoms with van der Waals surface area (Å²) < 4.78 is 4.82. The molecule has 0 aromatic carbocycles. The predicted octanol–water partition coefficient (Wildman–Crippen LogP) is 1.51. The molecular weight excluding hydrogens is 244 g/mol. The van der Waals surface area contributed by atoms with E-state index in [1.807, 2.05) is 0 Å². The highest BCUT2D eigenvalue weighted by Gasteiger charge is 2.18. The van der Waals surface area contributed by atoms with Gasteiger partial charge >= 0.3 is 6.03 Å². The fraction of sp³-hybridized carbons (Fsp3) is 0.929. The molecule has 1 saturated carbocycles. The van der Waals surface area contributed by atoms with Gasteiger partial charge in [-0.3, -0.25) is 0 Å². The first kappa shape index (κ1) is 16.2. The lowest BCUT2D eigenvalue weighted by atomic mass is 9.83. The molecule has 1 fully saturated rings. The van der Waals surface area contributed by atoms with Gasteiger partial charge in [-0.15, -0.1) is 0 Å². The van der Waals surface area contributed by atoms with E-state index in [-0.39, 0.29) is 6.03 Å². The number of methoxy groups -OCH3 is 1. The van der Waals surface area contributed by atoms with Crippen LogP contribution in [0.25, 0.3) is 0 Å². The van der Waals surface area contributed by atoms with E-state index in [0.29, 0.717) is 25.5 Å². The number of hydrogen-bond donors (Lipinski definition) is 3. The lowest BCUT2D eigenvalue weighted by Gasteiger charge is -2.26. The Morgan fingerprint density at radius 3 is 2.63 bits per heavy atom. The van der Waals surface area contributed by atoms with Crippen molar-refractivity contribution in [2.24, 2.45) is 11.8 Å². The first-order valence-electron chi connectivity index (χ1n) is 7.30. The number of ether oxygens (including phenoxy) is 1. The Morgan fingerprint density at radius 1 is 1.32 bits per heavy atom. The van der Waals surface area contributed by atoms with Gasteiger partial charge in [0.1, 0.15) is 0 Å². The van der Waals surface area contributed by atoms with Crippen LogP contribution in [0.15, 0.2) is 0 Å². The standard InChI is InChI=1S/C14H28N2O3/c1-11-3-5-12(6-4-11)9-16-14(18)15-8-7-13(17)10-19-2/h11-13,17H,3-10H2,1-2H3,(H2,15,16,18). The molecule has 0 aromatic rings. The molecule has 5 heteroatoms. The van der Waals surface area contributed by atoms with Crippen LogP contribution in [0.5, 0.6) is 0 Å². The van der Waals surface area contributed by atoms with Crippen LogP contribution in [0.4, 0.5) is 4.79 Å². The second-order valence-electron chi connectivity index (χ2n) is 5.66. The van der Waals surface area contributed by atoms with E-state index in [9.17, 15) is 9.90 Å². The quantitative estimate of drug-likeness (QED) is 0.658. The van der Waals surface area contributed by atoms with E-state index < -0.39 is 6.10 Å². The van der Waals surface area contributed by atoms with Gasteiger partial charge in [0.05, 0.1) is 12.7 Å². The highest BCUT2D eigenvalue weighted by atomic mass is 16.5. The summed E-state index contributed by atoms with van der Waals surface area (Å²) in [7, 11) is 1.55. The maximum atomic E-state index is 11.6. The summed E-state index contributed by atoms with van der Waals surface area (Å²) in [6.07, 6.45) is 4.99. The molecule has 0 aromatic heterocycles. The van der Waals surface area contributed by atoms with E-state index in [1.165, 1.54) is 25.7 Å². The molecule has 0 heterocycles. The largest absolute Gasteiger partial charge is 0.391 e. The molecule has 5 nitrogen and oxygen atoms in total. The maximum absolute atomic E-state index is 11.6. The van der Waals surface area contributed by atoms with Gasteiger partial charge in [-0.25, -0.2) is 4.79 Å². The molecule has 0 bridgehead atoms. The highest BCUT2D eigenvalue weighted by molar-refractivity contribution is 5.73. The third-order valence-electron chi connectivity index (χ3n) is 3.81. The minimum Gasteiger partial charge on any atom is -0.391 e. The zero-order chi connectivity index (χ0) is 14.1. The fourth-order valence-corrected chi connectivity index (χ4v) is 2.46. The monoisotopic (exact) mass is 272 g/mol. The van der Waals surface area contributed by atoms with Crippen molar-refractivity contribution in [2.45, 2.75) is 45.1 Å². The Morgan fingerprint density at radius 2 is 2.00 bits per heavy atom. The van der Waals surface area contributed by atoms with Gasteiger partial charge in [0, 0.05) is 20.2 Å². The second-order valence-corrected chi connectivity index (χ2v) is 5.66. The Balaban J connectivity index is 2.01. The van der Waals surface area contributed by atoms with E-state index in [1.54, 1.807) is 7.11 Å². The number of hydrogen-bond acceptors (Lipinski definition) is 3. The van der Waals surface area contributed by atoms with Gasteiger partial charge in [0.15, 0.2) is 0 Å². The van der Waals surface area contributed by atoms with Crippen molar-refractivity contribution in [1.82, 2.24) is 10.6 Å². The predicted molar refractivity (Wildman–Crippen MR) is 75.0 cm³/mol. The lowest BCUT2D eigenvalue weighted by molar-refractivity contribution is 0.0598. The van der Waals surface area contributed by atoms with Crippen LogP contribution in [0.1, 0.15) is 39.0 Å². The molecule has 0 radical (unpaired) electrons. The summed E-state index contributed by atoms with van der Waals surface area (Å²) in [5.74, 6) is 1.47. The van der Waals surface area contributed by atoms with Gasteiger partial charge in [-0.05, 0) is 31.1 Å². The van der Waals surface area contributed by atoms with Crippen molar-refractivity contribution in [3.8, 4) is 0 Å². The van der Waals surface area contributed by atoms with Crippen molar-refractivity contribution in [3.05, 3.63) is 0 Å². The Kier molecular flexibility index (Phi) is 7.82. The summed E-state index contributed by atoms with van der Waals surface area (Å²) in [5.41, 5.74) is 0. The number of carbonyl (C=O) groups excluding carboxylic acids is 1. The zero-order valence-electron chi connectivity index (χ0n) is 12.2. The topological polar surface area (TPSA) is 70.6 Å². The van der Waals surface area contributed by atoms with E-state index in [0.717, 1.165) is 12.5 Å². The first-order valence-corrected chi connectivity index (χ1v) is 7.30. The number of urea groups is 1. The Hall–Kier alpha value is -0.810. The molecule has 112 valence electrons. The van der Waals surface area contributed by atoms with Crippen molar-refractivity contribution in [1.29, 1.82) is 0 Å². The van der Waals surface area contributed by atoms with Crippen LogP contribution in [-0.2, 0) is 4.74 Å². The Bertz CT molecular complexity index is 253. The molecule has 0 aliphatic heterocycles. The van der Waals surface area contributed by atoms with Crippen LogP contribution < -0.4 is 10.6 Å². The van der Waals surface area contributed by atoms with Crippen molar-refractivity contribution < 1.29 is 14.6 Å². The van der Waals surface area contributed by atoms with E-state index >= 15 is 0 Å². The van der Waals surface area contributed by atoms with Crippen molar-refractivity contribution in [2.75, 3.05) is 26.8 Å². The highest BCUT2D eigenvalue weighted by Crippen LogP contribution is 2.27. The number of nitrogens with one attached hydrogen (secondary N) is 2. The zero-order valence-corrected chi connectivity index (χ0v) is 12.2. The van der Waals surface area contributed by atoms with E-state index in [4.69, 9.17) is 4.74 Å². The van der Waals surface area contributed by atoms with Gasteiger partial charge in [0.25, 0.3) is 0 Å². The third-order valence-corrected chi connectivity index (χ3v) is 3.81. The van der Waals surface area contributed by atoms with Gasteiger partial charge in [-0.1, -0.05) is 19.8 Å². The van der Waals surface area contributed by atoms with Crippen molar-refractivity contribution >= 4 is 6.03 Å². The smallest absolute Gasteiger partial charge is 0.314 e. The molecule has 1 rings (SSSR count). The average molecular weight is 272 g/mol. The molecule has 1 aliphatic rings. The molecule has 0 spiro atoms. The summed E-state index contributed by atoms with van der Waals surface area (Å²) in [5, 5.41) is 15.1. The molecule has 0 saturated heterocycles. The van der Waals surface area contributed by atoms with Crippen molar-refractivity contribution in [3.63, 3.8) is 0 Å².